The van der Waals surface area contributed by atoms with Crippen LogP contribution in [0.5, 0.6) is 0 Å². The van der Waals surface area contributed by atoms with Gasteiger partial charge in [0.1, 0.15) is 0 Å². The molecule has 1 amide bonds. The van der Waals surface area contributed by atoms with Crippen molar-refractivity contribution in [1.82, 2.24) is 9.88 Å². The number of Topliss-reactive ketones (excluding diaryl/α,β-unsaturated/α-hetero) is 1. The lowest BCUT2D eigenvalue weighted by atomic mass is 10.1. The molecule has 1 saturated heterocycles. The van der Waals surface area contributed by atoms with Crippen LogP contribution in [0.25, 0.3) is 10.9 Å². The van der Waals surface area contributed by atoms with Crippen molar-refractivity contribution in [2.24, 2.45) is 5.92 Å². The lowest BCUT2D eigenvalue weighted by Gasteiger charge is -2.19. The quantitative estimate of drug-likeness (QED) is 0.418. The molecule has 6 heteroatoms. The Hall–Kier alpha value is -2.70. The van der Waals surface area contributed by atoms with E-state index < -0.39 is 0 Å². The van der Waals surface area contributed by atoms with Gasteiger partial charge in [0.25, 0.3) is 0 Å². The molecule has 3 aromatic rings. The standard InChI is InChI=1S/C24H25N3O2S/c1-17(2)13-26-14-24(29)27(16-26)19-9-7-18(8-10-19)22(28)15-30-23-11-12-25-21-6-4-3-5-20(21)23/h3-12,17H,13-16H2,1-2H3. The molecule has 0 bridgehead atoms. The molecular formula is C24H25N3O2S. The van der Waals surface area contributed by atoms with Crippen LogP contribution < -0.4 is 4.90 Å². The van der Waals surface area contributed by atoms with Crippen LogP contribution in [0.1, 0.15) is 24.2 Å². The van der Waals surface area contributed by atoms with Crippen molar-refractivity contribution in [3.8, 4) is 0 Å². The van der Waals surface area contributed by atoms with E-state index >= 15 is 0 Å². The molecule has 4 rings (SSSR count). The Kier molecular flexibility index (Phi) is 6.16. The first-order valence-corrected chi connectivity index (χ1v) is 11.1. The minimum atomic E-state index is 0.0710. The first-order valence-electron chi connectivity index (χ1n) is 10.1. The van der Waals surface area contributed by atoms with Gasteiger partial charge in [-0.1, -0.05) is 32.0 Å². The van der Waals surface area contributed by atoms with Gasteiger partial charge in [-0.05, 0) is 42.3 Å². The van der Waals surface area contributed by atoms with E-state index in [1.165, 1.54) is 11.8 Å². The van der Waals surface area contributed by atoms with Crippen LogP contribution in [0, 0.1) is 5.92 Å². The maximum atomic E-state index is 12.7. The van der Waals surface area contributed by atoms with Crippen LogP contribution in [0.15, 0.2) is 65.7 Å². The zero-order valence-electron chi connectivity index (χ0n) is 17.2. The third kappa shape index (κ3) is 4.55. The third-order valence-electron chi connectivity index (χ3n) is 5.09. The minimum absolute atomic E-state index is 0.0710. The van der Waals surface area contributed by atoms with Gasteiger partial charge in [0.15, 0.2) is 5.78 Å². The van der Waals surface area contributed by atoms with Crippen LogP contribution in [0.3, 0.4) is 0 Å². The molecule has 0 atom stereocenters. The maximum absolute atomic E-state index is 12.7. The summed E-state index contributed by atoms with van der Waals surface area (Å²) in [7, 11) is 0. The number of amides is 1. The number of hydrogen-bond donors (Lipinski definition) is 0. The molecule has 1 aliphatic heterocycles. The second-order valence-corrected chi connectivity index (χ2v) is 8.97. The van der Waals surface area contributed by atoms with E-state index in [0.717, 1.165) is 28.0 Å². The minimum Gasteiger partial charge on any atom is -0.298 e. The number of fused-ring (bicyclic) bond motifs is 1. The monoisotopic (exact) mass is 419 g/mol. The summed E-state index contributed by atoms with van der Waals surface area (Å²) in [5, 5.41) is 1.06. The van der Waals surface area contributed by atoms with Gasteiger partial charge in [-0.25, -0.2) is 0 Å². The summed E-state index contributed by atoms with van der Waals surface area (Å²) in [6, 6.07) is 17.3. The van der Waals surface area contributed by atoms with E-state index in [1.54, 1.807) is 11.1 Å². The summed E-state index contributed by atoms with van der Waals surface area (Å²) in [5.41, 5.74) is 2.44. The van der Waals surface area contributed by atoms with E-state index in [0.29, 0.717) is 30.4 Å². The summed E-state index contributed by atoms with van der Waals surface area (Å²) < 4.78 is 0. The van der Waals surface area contributed by atoms with Gasteiger partial charge >= 0.3 is 0 Å². The van der Waals surface area contributed by atoms with E-state index in [2.05, 4.69) is 23.7 Å². The summed E-state index contributed by atoms with van der Waals surface area (Å²) in [5.74, 6) is 1.06. The molecule has 0 N–H and O–H groups in total. The molecule has 30 heavy (non-hydrogen) atoms. The molecule has 1 fully saturated rings. The Balaban J connectivity index is 1.40. The van der Waals surface area contributed by atoms with E-state index in [4.69, 9.17) is 0 Å². The topological polar surface area (TPSA) is 53.5 Å². The number of carbonyl (C=O) groups excluding carboxylic acids is 2. The number of thioether (sulfide) groups is 1. The highest BCUT2D eigenvalue weighted by Crippen LogP contribution is 2.27. The zero-order chi connectivity index (χ0) is 21.1. The van der Waals surface area contributed by atoms with E-state index in [1.807, 2.05) is 54.6 Å². The van der Waals surface area contributed by atoms with Gasteiger partial charge < -0.3 is 0 Å². The van der Waals surface area contributed by atoms with Crippen LogP contribution >= 0.6 is 11.8 Å². The van der Waals surface area contributed by atoms with E-state index in [9.17, 15) is 9.59 Å². The Bertz CT molecular complexity index is 1060. The number of nitrogens with zero attached hydrogens (tertiary/aromatic N) is 3. The molecule has 2 heterocycles. The molecule has 0 spiro atoms. The smallest absolute Gasteiger partial charge is 0.242 e. The fraction of sp³-hybridized carbons (Fsp3) is 0.292. The number of para-hydroxylation sites is 1. The summed E-state index contributed by atoms with van der Waals surface area (Å²) in [6.45, 7) is 6.27. The average Bonchev–Trinajstić information content (AvgIpc) is 3.11. The highest BCUT2D eigenvalue weighted by molar-refractivity contribution is 8.00. The number of anilines is 1. The fourth-order valence-corrected chi connectivity index (χ4v) is 4.66. The molecule has 0 unspecified atom stereocenters. The van der Waals surface area contributed by atoms with Crippen LogP contribution in [-0.2, 0) is 4.79 Å². The molecule has 1 aliphatic rings. The normalized spacial score (nSPS) is 14.8. The summed E-state index contributed by atoms with van der Waals surface area (Å²) >= 11 is 1.53. The second kappa shape index (κ2) is 8.98. The number of ketones is 1. The molecule has 1 aromatic heterocycles. The lowest BCUT2D eigenvalue weighted by molar-refractivity contribution is -0.116. The average molecular weight is 420 g/mol. The molecule has 2 aromatic carbocycles. The third-order valence-corrected chi connectivity index (χ3v) is 6.17. The first kappa shape index (κ1) is 20.6. The largest absolute Gasteiger partial charge is 0.298 e. The Morgan fingerprint density at radius 3 is 2.63 bits per heavy atom. The number of aromatic nitrogens is 1. The van der Waals surface area contributed by atoms with Gasteiger partial charge in [0.05, 0.1) is 24.5 Å². The second-order valence-electron chi connectivity index (χ2n) is 7.95. The molecule has 0 aliphatic carbocycles. The van der Waals surface area contributed by atoms with Crippen molar-refractivity contribution in [2.75, 3.05) is 30.4 Å². The lowest BCUT2D eigenvalue weighted by Crippen LogP contribution is -2.28. The van der Waals surface area contributed by atoms with Gasteiger partial charge in [-0.15, -0.1) is 11.8 Å². The van der Waals surface area contributed by atoms with Crippen LogP contribution in [0.2, 0.25) is 0 Å². The molecule has 0 radical (unpaired) electrons. The van der Waals surface area contributed by atoms with E-state index in [-0.39, 0.29) is 11.7 Å². The number of rotatable bonds is 7. The predicted molar refractivity (Wildman–Crippen MR) is 122 cm³/mol. The highest BCUT2D eigenvalue weighted by Gasteiger charge is 2.28. The Morgan fingerprint density at radius 2 is 1.87 bits per heavy atom. The molecular weight excluding hydrogens is 394 g/mol. The number of pyridine rings is 1. The number of hydrogen-bond acceptors (Lipinski definition) is 5. The van der Waals surface area contributed by atoms with Crippen molar-refractivity contribution >= 4 is 40.0 Å². The number of carbonyl (C=O) groups is 2. The van der Waals surface area contributed by atoms with Gasteiger partial charge in [0.2, 0.25) is 5.91 Å². The van der Waals surface area contributed by atoms with Crippen molar-refractivity contribution in [2.45, 2.75) is 18.7 Å². The number of benzene rings is 2. The SMILES string of the molecule is CC(C)CN1CC(=O)N(c2ccc(C(=O)CSc3ccnc4ccccc34)cc2)C1. The predicted octanol–water partition coefficient (Wildman–Crippen LogP) is 4.47. The molecule has 5 nitrogen and oxygen atoms in total. The van der Waals surface area contributed by atoms with Crippen molar-refractivity contribution in [1.29, 1.82) is 0 Å². The molecule has 0 saturated carbocycles. The highest BCUT2D eigenvalue weighted by atomic mass is 32.2. The fourth-order valence-electron chi connectivity index (χ4n) is 3.72. The van der Waals surface area contributed by atoms with Crippen molar-refractivity contribution in [3.63, 3.8) is 0 Å². The summed E-state index contributed by atoms with van der Waals surface area (Å²) in [6.07, 6.45) is 1.78. The van der Waals surface area contributed by atoms with Gasteiger partial charge in [-0.2, -0.15) is 0 Å². The Morgan fingerprint density at radius 1 is 1.10 bits per heavy atom. The zero-order valence-corrected chi connectivity index (χ0v) is 18.1. The summed E-state index contributed by atoms with van der Waals surface area (Å²) in [4.78, 5) is 34.4. The van der Waals surface area contributed by atoms with Gasteiger partial charge in [-0.3, -0.25) is 24.4 Å². The maximum Gasteiger partial charge on any atom is 0.242 e. The van der Waals surface area contributed by atoms with Crippen molar-refractivity contribution in [3.05, 3.63) is 66.4 Å². The Labute approximate surface area is 181 Å². The van der Waals surface area contributed by atoms with Crippen molar-refractivity contribution < 1.29 is 9.59 Å². The van der Waals surface area contributed by atoms with Gasteiger partial charge in [0, 0.05) is 34.3 Å². The van der Waals surface area contributed by atoms with Crippen LogP contribution in [-0.4, -0.2) is 47.1 Å². The molecule has 154 valence electrons. The van der Waals surface area contributed by atoms with Crippen LogP contribution in [0.4, 0.5) is 5.69 Å². The first-order chi connectivity index (χ1) is 14.5.